The first-order valence-electron chi connectivity index (χ1n) is 6.72. The van der Waals surface area contributed by atoms with Crippen molar-refractivity contribution in [1.82, 2.24) is 9.78 Å². The van der Waals surface area contributed by atoms with Crippen molar-refractivity contribution in [2.24, 2.45) is 0 Å². The van der Waals surface area contributed by atoms with E-state index >= 15 is 0 Å². The summed E-state index contributed by atoms with van der Waals surface area (Å²) in [5.74, 6) is 0.395. The number of anilines is 1. The van der Waals surface area contributed by atoms with Crippen molar-refractivity contribution in [3.63, 3.8) is 0 Å². The summed E-state index contributed by atoms with van der Waals surface area (Å²) in [5, 5.41) is 4.52. The second kappa shape index (κ2) is 6.06. The van der Waals surface area contributed by atoms with E-state index in [2.05, 4.69) is 10.00 Å². The molecule has 0 aliphatic carbocycles. The Morgan fingerprint density at radius 2 is 2.16 bits per heavy atom. The van der Waals surface area contributed by atoms with E-state index in [1.807, 2.05) is 13.8 Å². The van der Waals surface area contributed by atoms with Crippen LogP contribution in [0.25, 0.3) is 0 Å². The molecular formula is C13H21N3O3. The zero-order chi connectivity index (χ0) is 13.8. The summed E-state index contributed by atoms with van der Waals surface area (Å²) in [6, 6.07) is 0.211. The second-order valence-corrected chi connectivity index (χ2v) is 4.76. The summed E-state index contributed by atoms with van der Waals surface area (Å²) >= 11 is 0. The van der Waals surface area contributed by atoms with Crippen molar-refractivity contribution in [2.45, 2.75) is 26.8 Å². The summed E-state index contributed by atoms with van der Waals surface area (Å²) < 4.78 is 12.2. The van der Waals surface area contributed by atoms with E-state index < -0.39 is 0 Å². The van der Waals surface area contributed by atoms with Crippen LogP contribution in [0.15, 0.2) is 6.20 Å². The highest BCUT2D eigenvalue weighted by atomic mass is 16.5. The fraction of sp³-hybridized carbons (Fsp3) is 0.692. The van der Waals surface area contributed by atoms with Gasteiger partial charge in [-0.2, -0.15) is 5.10 Å². The van der Waals surface area contributed by atoms with E-state index in [0.29, 0.717) is 31.2 Å². The van der Waals surface area contributed by atoms with Crippen LogP contribution in [0.5, 0.6) is 0 Å². The van der Waals surface area contributed by atoms with E-state index in [1.165, 1.54) is 0 Å². The molecule has 1 aliphatic heterocycles. The predicted octanol–water partition coefficient (Wildman–Crippen LogP) is 1.48. The highest BCUT2D eigenvalue weighted by Gasteiger charge is 2.24. The topological polar surface area (TPSA) is 56.6 Å². The van der Waals surface area contributed by atoms with Crippen molar-refractivity contribution >= 4 is 11.8 Å². The third-order valence-corrected chi connectivity index (χ3v) is 3.05. The molecular weight excluding hydrogens is 246 g/mol. The Balaban J connectivity index is 2.30. The fourth-order valence-corrected chi connectivity index (χ4v) is 2.01. The SMILES string of the molecule is CCOC(=O)c1cn(C(C)C)nc1N1CCOCC1. The van der Waals surface area contributed by atoms with E-state index in [0.717, 1.165) is 13.1 Å². The van der Waals surface area contributed by atoms with Crippen LogP contribution in [0.1, 0.15) is 37.2 Å². The van der Waals surface area contributed by atoms with Crippen molar-refractivity contribution in [2.75, 3.05) is 37.8 Å². The standard InChI is InChI=1S/C13H21N3O3/c1-4-19-13(17)11-9-16(10(2)3)14-12(11)15-5-7-18-8-6-15/h9-10H,4-8H2,1-3H3. The van der Waals surface area contributed by atoms with Gasteiger partial charge in [-0.1, -0.05) is 0 Å². The van der Waals surface area contributed by atoms with Gasteiger partial charge in [0.25, 0.3) is 0 Å². The Labute approximate surface area is 113 Å². The lowest BCUT2D eigenvalue weighted by molar-refractivity contribution is 0.0526. The Morgan fingerprint density at radius 3 is 2.74 bits per heavy atom. The Kier molecular flexibility index (Phi) is 4.42. The van der Waals surface area contributed by atoms with Gasteiger partial charge in [-0.15, -0.1) is 0 Å². The Hall–Kier alpha value is -1.56. The van der Waals surface area contributed by atoms with E-state index in [4.69, 9.17) is 9.47 Å². The fourth-order valence-electron chi connectivity index (χ4n) is 2.01. The monoisotopic (exact) mass is 267 g/mol. The van der Waals surface area contributed by atoms with Crippen molar-refractivity contribution in [3.8, 4) is 0 Å². The Bertz CT molecular complexity index is 436. The van der Waals surface area contributed by atoms with Gasteiger partial charge in [-0.3, -0.25) is 4.68 Å². The average Bonchev–Trinajstić information content (AvgIpc) is 2.85. The third-order valence-electron chi connectivity index (χ3n) is 3.05. The minimum Gasteiger partial charge on any atom is -0.462 e. The molecule has 0 radical (unpaired) electrons. The van der Waals surface area contributed by atoms with Gasteiger partial charge in [0.05, 0.1) is 19.8 Å². The molecule has 1 aromatic rings. The van der Waals surface area contributed by atoms with E-state index in [-0.39, 0.29) is 12.0 Å². The van der Waals surface area contributed by atoms with Crippen LogP contribution in [0, 0.1) is 0 Å². The molecule has 0 spiro atoms. The molecule has 1 fully saturated rings. The van der Waals surface area contributed by atoms with Gasteiger partial charge in [0, 0.05) is 25.3 Å². The summed E-state index contributed by atoms with van der Waals surface area (Å²) in [6.45, 7) is 9.07. The summed E-state index contributed by atoms with van der Waals surface area (Å²) in [5.41, 5.74) is 0.539. The van der Waals surface area contributed by atoms with Crippen molar-refractivity contribution in [3.05, 3.63) is 11.8 Å². The zero-order valence-corrected chi connectivity index (χ0v) is 11.8. The first-order valence-corrected chi connectivity index (χ1v) is 6.72. The maximum absolute atomic E-state index is 12.0. The van der Waals surface area contributed by atoms with E-state index in [1.54, 1.807) is 17.8 Å². The molecule has 0 amide bonds. The number of rotatable bonds is 4. The molecule has 6 nitrogen and oxygen atoms in total. The quantitative estimate of drug-likeness (QED) is 0.773. The van der Waals surface area contributed by atoms with Gasteiger partial charge in [0.1, 0.15) is 5.56 Å². The number of hydrogen-bond acceptors (Lipinski definition) is 5. The molecule has 106 valence electrons. The first-order chi connectivity index (χ1) is 9.13. The minimum absolute atomic E-state index is 0.211. The molecule has 0 unspecified atom stereocenters. The minimum atomic E-state index is -0.309. The molecule has 0 bridgehead atoms. The largest absolute Gasteiger partial charge is 0.462 e. The smallest absolute Gasteiger partial charge is 0.343 e. The first kappa shape index (κ1) is 13.9. The van der Waals surface area contributed by atoms with E-state index in [9.17, 15) is 4.79 Å². The number of esters is 1. The highest BCUT2D eigenvalue weighted by molar-refractivity contribution is 5.94. The van der Waals surface area contributed by atoms with Gasteiger partial charge in [0.2, 0.25) is 0 Å². The third kappa shape index (κ3) is 3.07. The molecule has 0 aromatic carbocycles. The van der Waals surface area contributed by atoms with Crippen LogP contribution in [-0.4, -0.2) is 48.7 Å². The zero-order valence-electron chi connectivity index (χ0n) is 11.8. The van der Waals surface area contributed by atoms with Crippen LogP contribution in [-0.2, 0) is 9.47 Å². The lowest BCUT2D eigenvalue weighted by atomic mass is 10.3. The van der Waals surface area contributed by atoms with Gasteiger partial charge < -0.3 is 14.4 Å². The molecule has 1 aliphatic rings. The number of aromatic nitrogens is 2. The number of carbonyl (C=O) groups is 1. The number of nitrogens with zero attached hydrogens (tertiary/aromatic N) is 3. The molecule has 0 atom stereocenters. The van der Waals surface area contributed by atoms with Gasteiger partial charge >= 0.3 is 5.97 Å². The maximum Gasteiger partial charge on any atom is 0.343 e. The van der Waals surface area contributed by atoms with Gasteiger partial charge in [-0.05, 0) is 20.8 Å². The predicted molar refractivity (Wildman–Crippen MR) is 71.6 cm³/mol. The lowest BCUT2D eigenvalue weighted by Gasteiger charge is -2.27. The molecule has 0 saturated carbocycles. The van der Waals surface area contributed by atoms with Crippen LogP contribution >= 0.6 is 0 Å². The number of carbonyl (C=O) groups excluding carboxylic acids is 1. The van der Waals surface area contributed by atoms with Gasteiger partial charge in [-0.25, -0.2) is 4.79 Å². The van der Waals surface area contributed by atoms with Crippen molar-refractivity contribution in [1.29, 1.82) is 0 Å². The molecule has 19 heavy (non-hydrogen) atoms. The van der Waals surface area contributed by atoms with Crippen LogP contribution < -0.4 is 4.90 Å². The molecule has 2 rings (SSSR count). The lowest BCUT2D eigenvalue weighted by Crippen LogP contribution is -2.37. The van der Waals surface area contributed by atoms with Crippen LogP contribution in [0.4, 0.5) is 5.82 Å². The maximum atomic E-state index is 12.0. The van der Waals surface area contributed by atoms with Crippen LogP contribution in [0.2, 0.25) is 0 Å². The number of hydrogen-bond donors (Lipinski definition) is 0. The molecule has 6 heteroatoms. The van der Waals surface area contributed by atoms with Crippen molar-refractivity contribution < 1.29 is 14.3 Å². The second-order valence-electron chi connectivity index (χ2n) is 4.76. The molecule has 1 saturated heterocycles. The summed E-state index contributed by atoms with van der Waals surface area (Å²) in [4.78, 5) is 14.1. The molecule has 2 heterocycles. The summed E-state index contributed by atoms with van der Waals surface area (Å²) in [7, 11) is 0. The average molecular weight is 267 g/mol. The number of ether oxygens (including phenoxy) is 2. The van der Waals surface area contributed by atoms with Crippen LogP contribution in [0.3, 0.4) is 0 Å². The highest BCUT2D eigenvalue weighted by Crippen LogP contribution is 2.22. The normalized spacial score (nSPS) is 15.9. The Morgan fingerprint density at radius 1 is 1.47 bits per heavy atom. The number of morpholine rings is 1. The van der Waals surface area contributed by atoms with Gasteiger partial charge in [0.15, 0.2) is 5.82 Å². The molecule has 0 N–H and O–H groups in total. The molecule has 1 aromatic heterocycles. The summed E-state index contributed by atoms with van der Waals surface area (Å²) in [6.07, 6.45) is 1.77.